The quantitative estimate of drug-likeness (QED) is 0.823. The Bertz CT molecular complexity index is 714. The van der Waals surface area contributed by atoms with E-state index in [-0.39, 0.29) is 6.09 Å². The Hall–Kier alpha value is -1.76. The third-order valence-electron chi connectivity index (χ3n) is 3.77. The lowest BCUT2D eigenvalue weighted by Crippen LogP contribution is -2.50. The van der Waals surface area contributed by atoms with E-state index in [1.807, 2.05) is 33.0 Å². The number of carbonyl (C=O) groups excluding carboxylic acids is 1. The van der Waals surface area contributed by atoms with Gasteiger partial charge in [0, 0.05) is 41.7 Å². The summed E-state index contributed by atoms with van der Waals surface area (Å²) in [5.41, 5.74) is 1.68. The predicted octanol–water partition coefficient (Wildman–Crippen LogP) is 3.38. The molecule has 0 atom stereocenters. The van der Waals surface area contributed by atoms with E-state index in [0.29, 0.717) is 13.1 Å². The molecule has 1 amide bonds. The second kappa shape index (κ2) is 6.03. The molecule has 124 valence electrons. The molecule has 1 saturated heterocycles. The number of rotatable bonds is 1. The van der Waals surface area contributed by atoms with Gasteiger partial charge in [0.25, 0.3) is 0 Å². The van der Waals surface area contributed by atoms with Crippen molar-refractivity contribution in [3.05, 3.63) is 22.8 Å². The highest BCUT2D eigenvalue weighted by atomic mass is 79.9. The molecule has 2 heterocycles. The number of H-pyrrole nitrogens is 1. The summed E-state index contributed by atoms with van der Waals surface area (Å²) in [7, 11) is 0. The molecule has 2 aromatic rings. The van der Waals surface area contributed by atoms with Crippen LogP contribution in [0.25, 0.3) is 10.9 Å². The van der Waals surface area contributed by atoms with Crippen molar-refractivity contribution in [2.24, 2.45) is 0 Å². The van der Waals surface area contributed by atoms with Gasteiger partial charge in [0.1, 0.15) is 5.60 Å². The lowest BCUT2D eigenvalue weighted by atomic mass is 10.2. The molecule has 6 nitrogen and oxygen atoms in total. The third kappa shape index (κ3) is 3.60. The number of nitrogens with zero attached hydrogens (tertiary/aromatic N) is 3. The number of aromatic amines is 1. The fraction of sp³-hybridized carbons (Fsp3) is 0.500. The molecule has 1 fully saturated rings. The molecule has 7 heteroatoms. The van der Waals surface area contributed by atoms with Crippen LogP contribution in [0, 0.1) is 0 Å². The van der Waals surface area contributed by atoms with Crippen molar-refractivity contribution in [2.45, 2.75) is 26.4 Å². The maximum absolute atomic E-state index is 12.1. The van der Waals surface area contributed by atoms with Crippen LogP contribution in [0.2, 0.25) is 0 Å². The predicted molar refractivity (Wildman–Crippen MR) is 93.8 cm³/mol. The Kier molecular flexibility index (Phi) is 4.23. The summed E-state index contributed by atoms with van der Waals surface area (Å²) in [6, 6.07) is 4.11. The van der Waals surface area contributed by atoms with Crippen LogP contribution in [0.4, 0.5) is 10.5 Å². The summed E-state index contributed by atoms with van der Waals surface area (Å²) in [5.74, 6) is 0. The van der Waals surface area contributed by atoms with Gasteiger partial charge < -0.3 is 14.5 Å². The van der Waals surface area contributed by atoms with Crippen molar-refractivity contribution in [3.63, 3.8) is 0 Å². The number of halogens is 1. The van der Waals surface area contributed by atoms with Crippen molar-refractivity contribution in [1.29, 1.82) is 0 Å². The molecule has 1 aromatic heterocycles. The Labute approximate surface area is 143 Å². The number of piperazine rings is 1. The van der Waals surface area contributed by atoms with E-state index in [1.165, 1.54) is 0 Å². The molecule has 0 spiro atoms. The minimum Gasteiger partial charge on any atom is -0.444 e. The Morgan fingerprint density at radius 2 is 1.96 bits per heavy atom. The second-order valence-corrected chi connectivity index (χ2v) is 7.63. The molecule has 0 unspecified atom stereocenters. The number of hydrogen-bond donors (Lipinski definition) is 1. The number of fused-ring (bicyclic) bond motifs is 1. The van der Waals surface area contributed by atoms with Crippen molar-refractivity contribution >= 4 is 38.6 Å². The Morgan fingerprint density at radius 1 is 1.26 bits per heavy atom. The maximum atomic E-state index is 12.1. The molecular weight excluding hydrogens is 360 g/mol. The van der Waals surface area contributed by atoms with Gasteiger partial charge in [0.15, 0.2) is 0 Å². The second-order valence-electron chi connectivity index (χ2n) is 6.71. The number of anilines is 1. The van der Waals surface area contributed by atoms with Crippen LogP contribution in [0.5, 0.6) is 0 Å². The summed E-state index contributed by atoms with van der Waals surface area (Å²) in [6.07, 6.45) is 1.61. The van der Waals surface area contributed by atoms with Crippen LogP contribution >= 0.6 is 15.9 Å². The van der Waals surface area contributed by atoms with Gasteiger partial charge in [-0.3, -0.25) is 5.10 Å². The number of benzene rings is 1. The lowest BCUT2D eigenvalue weighted by molar-refractivity contribution is 0.0241. The zero-order valence-corrected chi connectivity index (χ0v) is 15.2. The normalized spacial score (nSPS) is 16.0. The minimum atomic E-state index is -0.457. The van der Waals surface area contributed by atoms with Gasteiger partial charge in [-0.1, -0.05) is 15.9 Å². The summed E-state index contributed by atoms with van der Waals surface area (Å²) in [5, 5.41) is 8.22. The Balaban J connectivity index is 1.71. The van der Waals surface area contributed by atoms with E-state index in [9.17, 15) is 4.79 Å². The highest BCUT2D eigenvalue weighted by Crippen LogP contribution is 2.30. The minimum absolute atomic E-state index is 0.236. The third-order valence-corrected chi connectivity index (χ3v) is 4.23. The first-order valence-electron chi connectivity index (χ1n) is 7.69. The first-order valence-corrected chi connectivity index (χ1v) is 8.48. The first kappa shape index (κ1) is 16.1. The maximum Gasteiger partial charge on any atom is 0.410 e. The van der Waals surface area contributed by atoms with Crippen molar-refractivity contribution in [3.8, 4) is 0 Å². The van der Waals surface area contributed by atoms with Crippen molar-refractivity contribution in [2.75, 3.05) is 31.1 Å². The van der Waals surface area contributed by atoms with Crippen LogP contribution in [-0.2, 0) is 4.74 Å². The zero-order valence-electron chi connectivity index (χ0n) is 13.6. The average Bonchev–Trinajstić information content (AvgIpc) is 2.93. The van der Waals surface area contributed by atoms with Gasteiger partial charge in [-0.15, -0.1) is 0 Å². The Morgan fingerprint density at radius 3 is 2.61 bits per heavy atom. The number of hydrogen-bond acceptors (Lipinski definition) is 4. The molecule has 1 aliphatic rings. The van der Waals surface area contributed by atoms with Gasteiger partial charge >= 0.3 is 6.09 Å². The highest BCUT2D eigenvalue weighted by Gasteiger charge is 2.26. The molecule has 1 aliphatic heterocycles. The molecule has 0 radical (unpaired) electrons. The molecule has 0 bridgehead atoms. The van der Waals surface area contributed by atoms with Crippen LogP contribution in [0.3, 0.4) is 0 Å². The monoisotopic (exact) mass is 380 g/mol. The van der Waals surface area contributed by atoms with E-state index >= 15 is 0 Å². The lowest BCUT2D eigenvalue weighted by Gasteiger charge is -2.37. The number of ether oxygens (including phenoxy) is 1. The molecule has 3 rings (SSSR count). The van der Waals surface area contributed by atoms with Gasteiger partial charge in [0.2, 0.25) is 0 Å². The molecule has 23 heavy (non-hydrogen) atoms. The topological polar surface area (TPSA) is 61.5 Å². The van der Waals surface area contributed by atoms with E-state index in [0.717, 1.165) is 34.2 Å². The summed E-state index contributed by atoms with van der Waals surface area (Å²) in [6.45, 7) is 8.52. The number of amides is 1. The van der Waals surface area contributed by atoms with E-state index in [2.05, 4.69) is 37.1 Å². The summed E-state index contributed by atoms with van der Waals surface area (Å²) >= 11 is 3.54. The molecule has 1 aromatic carbocycles. The van der Waals surface area contributed by atoms with Crippen molar-refractivity contribution in [1.82, 2.24) is 15.1 Å². The summed E-state index contributed by atoms with van der Waals surface area (Å²) < 4.78 is 6.45. The summed E-state index contributed by atoms with van der Waals surface area (Å²) in [4.78, 5) is 16.2. The van der Waals surface area contributed by atoms with Gasteiger partial charge in [0.05, 0.1) is 11.7 Å². The number of carbonyl (C=O) groups is 1. The van der Waals surface area contributed by atoms with Crippen molar-refractivity contribution < 1.29 is 9.53 Å². The standard InChI is InChI=1S/C16H21BrN4O2/c1-16(2,3)23-15(22)21-6-4-20(5-7-21)14-9-11(17)8-13-12(14)10-18-19-13/h8-10H,4-7H2,1-3H3,(H,18,19). The van der Waals surface area contributed by atoms with E-state index < -0.39 is 5.60 Å². The SMILES string of the molecule is CC(C)(C)OC(=O)N1CCN(c2cc(Br)cc3[nH]ncc23)CC1. The fourth-order valence-corrected chi connectivity index (χ4v) is 3.16. The van der Waals surface area contributed by atoms with E-state index in [1.54, 1.807) is 4.90 Å². The molecule has 0 aliphatic carbocycles. The van der Waals surface area contributed by atoms with Gasteiger partial charge in [-0.25, -0.2) is 4.79 Å². The van der Waals surface area contributed by atoms with Crippen LogP contribution in [0.15, 0.2) is 22.8 Å². The fourth-order valence-electron chi connectivity index (χ4n) is 2.72. The highest BCUT2D eigenvalue weighted by molar-refractivity contribution is 9.10. The number of nitrogens with one attached hydrogen (secondary N) is 1. The largest absolute Gasteiger partial charge is 0.444 e. The molecule has 0 saturated carbocycles. The zero-order chi connectivity index (χ0) is 16.6. The first-order chi connectivity index (χ1) is 10.8. The van der Waals surface area contributed by atoms with Crippen LogP contribution in [0.1, 0.15) is 20.8 Å². The van der Waals surface area contributed by atoms with E-state index in [4.69, 9.17) is 4.74 Å². The van der Waals surface area contributed by atoms with Crippen LogP contribution < -0.4 is 4.90 Å². The number of aromatic nitrogens is 2. The smallest absolute Gasteiger partial charge is 0.410 e. The average molecular weight is 381 g/mol. The molecular formula is C16H21BrN4O2. The van der Waals surface area contributed by atoms with Gasteiger partial charge in [-0.2, -0.15) is 5.10 Å². The molecule has 1 N–H and O–H groups in total. The van der Waals surface area contributed by atoms with Gasteiger partial charge in [-0.05, 0) is 32.9 Å². The van der Waals surface area contributed by atoms with Crippen LogP contribution in [-0.4, -0.2) is 53.0 Å².